The molecule has 0 aliphatic heterocycles. The lowest BCUT2D eigenvalue weighted by atomic mass is 10.2. The second kappa shape index (κ2) is 6.36. The van der Waals surface area contributed by atoms with Crippen molar-refractivity contribution in [3.05, 3.63) is 30.1 Å². The Kier molecular flexibility index (Phi) is 4.55. The first-order valence-electron chi connectivity index (χ1n) is 6.88. The summed E-state index contributed by atoms with van der Waals surface area (Å²) in [6.45, 7) is 2.89. The van der Waals surface area contributed by atoms with Gasteiger partial charge in [-0.2, -0.15) is 0 Å². The minimum absolute atomic E-state index is 0.208. The van der Waals surface area contributed by atoms with Crippen molar-refractivity contribution < 1.29 is 9.90 Å². The highest BCUT2D eigenvalue weighted by molar-refractivity contribution is 5.76. The highest BCUT2D eigenvalue weighted by Gasteiger charge is 2.10. The van der Waals surface area contributed by atoms with Gasteiger partial charge in [-0.3, -0.25) is 4.79 Å². The number of carboxylic acids is 1. The second-order valence-electron chi connectivity index (χ2n) is 4.77. The van der Waals surface area contributed by atoms with Crippen molar-refractivity contribution in [2.75, 3.05) is 0 Å². The van der Waals surface area contributed by atoms with Gasteiger partial charge in [-0.05, 0) is 25.0 Å². The highest BCUT2D eigenvalue weighted by Crippen LogP contribution is 2.18. The molecule has 0 fully saturated rings. The average Bonchev–Trinajstić information content (AvgIpc) is 2.74. The van der Waals surface area contributed by atoms with Crippen LogP contribution in [-0.4, -0.2) is 20.6 Å². The van der Waals surface area contributed by atoms with Crippen molar-refractivity contribution in [2.24, 2.45) is 0 Å². The third kappa shape index (κ3) is 3.34. The Morgan fingerprint density at radius 1 is 1.32 bits per heavy atom. The summed E-state index contributed by atoms with van der Waals surface area (Å²) in [6, 6.07) is 8.05. The highest BCUT2D eigenvalue weighted by atomic mass is 16.4. The number of aromatic nitrogens is 2. The number of hydrogen-bond donors (Lipinski definition) is 1. The summed E-state index contributed by atoms with van der Waals surface area (Å²) in [5, 5.41) is 8.74. The fourth-order valence-electron chi connectivity index (χ4n) is 2.29. The molecule has 19 heavy (non-hydrogen) atoms. The van der Waals surface area contributed by atoms with E-state index in [-0.39, 0.29) is 6.42 Å². The molecule has 1 aromatic carbocycles. The van der Waals surface area contributed by atoms with Crippen LogP contribution in [0.2, 0.25) is 0 Å². The van der Waals surface area contributed by atoms with Crippen LogP contribution in [-0.2, 0) is 17.8 Å². The molecule has 0 aliphatic rings. The minimum Gasteiger partial charge on any atom is -0.481 e. The van der Waals surface area contributed by atoms with Crippen LogP contribution in [0.3, 0.4) is 0 Å². The van der Waals surface area contributed by atoms with Crippen LogP contribution in [0, 0.1) is 0 Å². The lowest BCUT2D eigenvalue weighted by Crippen LogP contribution is -2.06. The zero-order valence-electron chi connectivity index (χ0n) is 11.3. The molecule has 0 aliphatic carbocycles. The molecular formula is C15H20N2O2. The lowest BCUT2D eigenvalue weighted by molar-refractivity contribution is -0.137. The van der Waals surface area contributed by atoms with Crippen molar-refractivity contribution in [3.8, 4) is 0 Å². The molecule has 2 aromatic rings. The Hall–Kier alpha value is -1.84. The molecule has 1 N–H and O–H groups in total. The molecule has 4 nitrogen and oxygen atoms in total. The first-order chi connectivity index (χ1) is 9.22. The SMILES string of the molecule is CCCCc1nc2ccccc2n1CCCC(=O)O. The van der Waals surface area contributed by atoms with Crippen LogP contribution in [0.25, 0.3) is 11.0 Å². The van der Waals surface area contributed by atoms with Crippen molar-refractivity contribution in [2.45, 2.75) is 45.6 Å². The van der Waals surface area contributed by atoms with Gasteiger partial charge in [0.25, 0.3) is 0 Å². The van der Waals surface area contributed by atoms with E-state index < -0.39 is 5.97 Å². The number of para-hydroxylation sites is 2. The standard InChI is InChI=1S/C15H20N2O2/c1-2-3-9-14-16-12-7-4-5-8-13(12)17(14)11-6-10-15(18)19/h4-5,7-8H,2-3,6,9-11H2,1H3,(H,18,19). The zero-order valence-corrected chi connectivity index (χ0v) is 11.3. The van der Waals surface area contributed by atoms with Crippen LogP contribution >= 0.6 is 0 Å². The van der Waals surface area contributed by atoms with Gasteiger partial charge in [0, 0.05) is 19.4 Å². The summed E-state index contributed by atoms with van der Waals surface area (Å²) in [4.78, 5) is 15.3. The predicted molar refractivity (Wildman–Crippen MR) is 75.2 cm³/mol. The van der Waals surface area contributed by atoms with E-state index in [9.17, 15) is 4.79 Å². The van der Waals surface area contributed by atoms with Gasteiger partial charge >= 0.3 is 5.97 Å². The molecule has 102 valence electrons. The number of nitrogens with zero attached hydrogens (tertiary/aromatic N) is 2. The molecule has 0 bridgehead atoms. The molecular weight excluding hydrogens is 240 g/mol. The van der Waals surface area contributed by atoms with E-state index in [4.69, 9.17) is 5.11 Å². The van der Waals surface area contributed by atoms with Gasteiger partial charge in [-0.1, -0.05) is 25.5 Å². The molecule has 2 rings (SSSR count). The fraction of sp³-hybridized carbons (Fsp3) is 0.467. The maximum Gasteiger partial charge on any atom is 0.303 e. The van der Waals surface area contributed by atoms with Gasteiger partial charge in [0.15, 0.2) is 0 Å². The van der Waals surface area contributed by atoms with Gasteiger partial charge < -0.3 is 9.67 Å². The number of hydrogen-bond acceptors (Lipinski definition) is 2. The van der Waals surface area contributed by atoms with Crippen LogP contribution < -0.4 is 0 Å². The number of rotatable bonds is 7. The Labute approximate surface area is 113 Å². The first kappa shape index (κ1) is 13.6. The Morgan fingerprint density at radius 2 is 2.11 bits per heavy atom. The van der Waals surface area contributed by atoms with Gasteiger partial charge in [-0.25, -0.2) is 4.98 Å². The number of carbonyl (C=O) groups is 1. The third-order valence-corrected chi connectivity index (χ3v) is 3.26. The fourth-order valence-corrected chi connectivity index (χ4v) is 2.29. The maximum atomic E-state index is 10.6. The van der Waals surface area contributed by atoms with E-state index in [0.29, 0.717) is 6.42 Å². The first-order valence-corrected chi connectivity index (χ1v) is 6.88. The van der Waals surface area contributed by atoms with Crippen LogP contribution in [0.5, 0.6) is 0 Å². The molecule has 0 radical (unpaired) electrons. The van der Waals surface area contributed by atoms with E-state index in [0.717, 1.165) is 42.7 Å². The monoisotopic (exact) mass is 260 g/mol. The zero-order chi connectivity index (χ0) is 13.7. The van der Waals surface area contributed by atoms with Crippen LogP contribution in [0.1, 0.15) is 38.4 Å². The number of aliphatic carboxylic acids is 1. The van der Waals surface area contributed by atoms with Crippen molar-refractivity contribution >= 4 is 17.0 Å². The van der Waals surface area contributed by atoms with E-state index >= 15 is 0 Å². The molecule has 0 saturated carbocycles. The summed E-state index contributed by atoms with van der Waals surface area (Å²) in [6.07, 6.45) is 4.06. The number of fused-ring (bicyclic) bond motifs is 1. The Bertz CT molecular complexity index is 560. The summed E-state index contributed by atoms with van der Waals surface area (Å²) in [5.74, 6) is 0.341. The molecule has 0 spiro atoms. The van der Waals surface area contributed by atoms with E-state index in [1.54, 1.807) is 0 Å². The number of aryl methyl sites for hydroxylation is 2. The number of carboxylic acid groups (broad SMARTS) is 1. The lowest BCUT2D eigenvalue weighted by Gasteiger charge is -2.08. The van der Waals surface area contributed by atoms with E-state index in [1.807, 2.05) is 18.2 Å². The number of benzene rings is 1. The van der Waals surface area contributed by atoms with Crippen LogP contribution in [0.4, 0.5) is 0 Å². The Morgan fingerprint density at radius 3 is 2.84 bits per heavy atom. The minimum atomic E-state index is -0.737. The number of imidazole rings is 1. The molecule has 0 unspecified atom stereocenters. The molecule has 0 amide bonds. The largest absolute Gasteiger partial charge is 0.481 e. The Balaban J connectivity index is 2.23. The van der Waals surface area contributed by atoms with Crippen molar-refractivity contribution in [3.63, 3.8) is 0 Å². The smallest absolute Gasteiger partial charge is 0.303 e. The second-order valence-corrected chi connectivity index (χ2v) is 4.77. The normalized spacial score (nSPS) is 11.0. The molecule has 0 atom stereocenters. The van der Waals surface area contributed by atoms with Crippen LogP contribution in [0.15, 0.2) is 24.3 Å². The van der Waals surface area contributed by atoms with Crippen molar-refractivity contribution in [1.29, 1.82) is 0 Å². The molecule has 1 aromatic heterocycles. The number of unbranched alkanes of at least 4 members (excludes halogenated alkanes) is 1. The van der Waals surface area contributed by atoms with Crippen molar-refractivity contribution in [1.82, 2.24) is 9.55 Å². The van der Waals surface area contributed by atoms with Gasteiger partial charge in [-0.15, -0.1) is 0 Å². The summed E-state index contributed by atoms with van der Waals surface area (Å²) >= 11 is 0. The predicted octanol–water partition coefficient (Wildman–Crippen LogP) is 3.24. The third-order valence-electron chi connectivity index (χ3n) is 3.26. The quantitative estimate of drug-likeness (QED) is 0.831. The topological polar surface area (TPSA) is 55.1 Å². The van der Waals surface area contributed by atoms with Gasteiger partial charge in [0.05, 0.1) is 11.0 Å². The summed E-state index contributed by atoms with van der Waals surface area (Å²) in [7, 11) is 0. The molecule has 4 heteroatoms. The van der Waals surface area contributed by atoms with Gasteiger partial charge in [0.2, 0.25) is 0 Å². The molecule has 1 heterocycles. The van der Waals surface area contributed by atoms with E-state index in [1.165, 1.54) is 0 Å². The average molecular weight is 260 g/mol. The summed E-state index contributed by atoms with van der Waals surface area (Å²) in [5.41, 5.74) is 2.11. The molecule has 0 saturated heterocycles. The van der Waals surface area contributed by atoms with E-state index in [2.05, 4.69) is 22.5 Å². The van der Waals surface area contributed by atoms with Gasteiger partial charge in [0.1, 0.15) is 5.82 Å². The summed E-state index contributed by atoms with van der Waals surface area (Å²) < 4.78 is 2.17. The maximum absolute atomic E-state index is 10.6.